The Kier molecular flexibility index (Phi) is 10.6. The molecule has 2 aromatic carbocycles. The Balaban J connectivity index is 1.51. The summed E-state index contributed by atoms with van der Waals surface area (Å²) in [4.78, 5) is 53.5. The fraction of sp³-hybridized carbons (Fsp3) is 0.543. The van der Waals surface area contributed by atoms with E-state index in [1.807, 2.05) is 0 Å². The van der Waals surface area contributed by atoms with E-state index < -0.39 is 102 Å². The lowest BCUT2D eigenvalue weighted by Gasteiger charge is -2.42. The molecular formula is C35H43NO12. The average Bonchev–Trinajstić information content (AvgIpc) is 3.05. The lowest BCUT2D eigenvalue weighted by Crippen LogP contribution is -2.53. The number of methoxy groups -OCH3 is 1. The van der Waals surface area contributed by atoms with Gasteiger partial charge in [0.2, 0.25) is 11.6 Å². The molecule has 0 spiro atoms. The molecule has 13 heteroatoms. The van der Waals surface area contributed by atoms with Gasteiger partial charge in [0.15, 0.2) is 18.7 Å². The van der Waals surface area contributed by atoms with Gasteiger partial charge in [0.25, 0.3) is 0 Å². The summed E-state index contributed by atoms with van der Waals surface area (Å²) < 4.78 is 22.5. The van der Waals surface area contributed by atoms with Gasteiger partial charge in [-0.2, -0.15) is 0 Å². The molecule has 6 N–H and O–H groups in total. The second kappa shape index (κ2) is 14.3. The summed E-state index contributed by atoms with van der Waals surface area (Å²) in [6, 6.07) is 3.63. The standard InChI is InChI=1S/C35H43NO12/c1-4-5-6-7-8-12-24(38)46-16-23(37)35(44)14-19-27(22(15-35)48-25-13-20(36)30(39)17(2)47-25)34(43)29-28(32(19)41)31(40)18-10-9-11-21(45-3)26(18)33(29)42/h9-11,17,20,22,25,30,39,41,43-44H,4-8,12-16,36H2,1-3H3/t17-,20-,22-,25+,30+,35+/m0/s1. The number of unbranched alkanes of at least 4 members (excludes halogenated alkanes) is 4. The van der Waals surface area contributed by atoms with Crippen molar-refractivity contribution in [3.05, 3.63) is 51.6 Å². The summed E-state index contributed by atoms with van der Waals surface area (Å²) in [5.41, 5.74) is 2.37. The maximum absolute atomic E-state index is 13.9. The predicted molar refractivity (Wildman–Crippen MR) is 169 cm³/mol. The van der Waals surface area contributed by atoms with Crippen molar-refractivity contribution in [1.29, 1.82) is 0 Å². The largest absolute Gasteiger partial charge is 0.507 e. The number of carbonyl (C=O) groups excluding carboxylic acids is 4. The number of hydrogen-bond acceptors (Lipinski definition) is 13. The third-order valence-electron chi connectivity index (χ3n) is 9.51. The van der Waals surface area contributed by atoms with Crippen LogP contribution < -0.4 is 10.5 Å². The van der Waals surface area contributed by atoms with Crippen LogP contribution >= 0.6 is 0 Å². The first-order valence-corrected chi connectivity index (χ1v) is 16.4. The van der Waals surface area contributed by atoms with Crippen molar-refractivity contribution >= 4 is 23.3 Å². The van der Waals surface area contributed by atoms with Crippen molar-refractivity contribution in [3.8, 4) is 17.2 Å². The number of ketones is 3. The number of benzene rings is 2. The zero-order chi connectivity index (χ0) is 34.9. The summed E-state index contributed by atoms with van der Waals surface area (Å²) in [6.07, 6.45) is -0.679. The highest BCUT2D eigenvalue weighted by Gasteiger charge is 2.50. The lowest BCUT2D eigenvalue weighted by atomic mass is 9.72. The van der Waals surface area contributed by atoms with Crippen LogP contribution in [0.4, 0.5) is 0 Å². The van der Waals surface area contributed by atoms with E-state index in [0.29, 0.717) is 6.42 Å². The highest BCUT2D eigenvalue weighted by molar-refractivity contribution is 6.31. The van der Waals surface area contributed by atoms with Crippen LogP contribution in [0.5, 0.6) is 17.2 Å². The molecule has 2 aromatic rings. The molecule has 0 amide bonds. The molecule has 1 saturated heterocycles. The average molecular weight is 670 g/mol. The minimum absolute atomic E-state index is 0.000735. The van der Waals surface area contributed by atoms with Gasteiger partial charge in [0.05, 0.1) is 42.1 Å². The molecule has 0 unspecified atom stereocenters. The van der Waals surface area contributed by atoms with E-state index in [0.717, 1.165) is 25.7 Å². The van der Waals surface area contributed by atoms with Crippen LogP contribution in [0.2, 0.25) is 0 Å². The Morgan fingerprint density at radius 2 is 1.75 bits per heavy atom. The number of Topliss-reactive ketones (excluding diaryl/α,β-unsaturated/α-hetero) is 1. The highest BCUT2D eigenvalue weighted by atomic mass is 16.7. The Labute approximate surface area is 277 Å². The van der Waals surface area contributed by atoms with Crippen LogP contribution in [0.15, 0.2) is 18.2 Å². The van der Waals surface area contributed by atoms with Gasteiger partial charge in [-0.05, 0) is 19.4 Å². The Morgan fingerprint density at radius 3 is 2.44 bits per heavy atom. The fourth-order valence-electron chi connectivity index (χ4n) is 6.83. The zero-order valence-corrected chi connectivity index (χ0v) is 27.3. The number of hydrogen-bond donors (Lipinski definition) is 5. The second-order valence-electron chi connectivity index (χ2n) is 12.8. The van der Waals surface area contributed by atoms with Gasteiger partial charge in [-0.15, -0.1) is 0 Å². The van der Waals surface area contributed by atoms with E-state index in [4.69, 9.17) is 24.7 Å². The molecule has 48 heavy (non-hydrogen) atoms. The van der Waals surface area contributed by atoms with Gasteiger partial charge in [-0.25, -0.2) is 0 Å². The number of nitrogens with two attached hydrogens (primary N) is 1. The molecule has 260 valence electrons. The van der Waals surface area contributed by atoms with E-state index >= 15 is 0 Å². The molecule has 5 rings (SSSR count). The smallest absolute Gasteiger partial charge is 0.306 e. The first-order valence-electron chi connectivity index (χ1n) is 16.4. The van der Waals surface area contributed by atoms with Crippen LogP contribution in [0.3, 0.4) is 0 Å². The number of fused-ring (bicyclic) bond motifs is 3. The second-order valence-corrected chi connectivity index (χ2v) is 12.8. The van der Waals surface area contributed by atoms with E-state index in [1.54, 1.807) is 6.92 Å². The van der Waals surface area contributed by atoms with Crippen molar-refractivity contribution in [2.45, 2.75) is 108 Å². The van der Waals surface area contributed by atoms with Gasteiger partial charge < -0.3 is 45.1 Å². The summed E-state index contributed by atoms with van der Waals surface area (Å²) in [5.74, 6) is -4.33. The molecule has 2 aliphatic carbocycles. The maximum atomic E-state index is 13.9. The monoisotopic (exact) mass is 669 g/mol. The van der Waals surface area contributed by atoms with Crippen LogP contribution in [0.1, 0.15) is 114 Å². The van der Waals surface area contributed by atoms with Gasteiger partial charge in [-0.3, -0.25) is 19.2 Å². The number of aliphatic hydroxyl groups is 2. The third kappa shape index (κ3) is 6.57. The molecule has 1 heterocycles. The third-order valence-corrected chi connectivity index (χ3v) is 9.51. The van der Waals surface area contributed by atoms with Gasteiger partial charge >= 0.3 is 5.97 Å². The first kappa shape index (κ1) is 35.4. The number of aromatic hydroxyl groups is 2. The van der Waals surface area contributed by atoms with E-state index in [1.165, 1.54) is 25.3 Å². The van der Waals surface area contributed by atoms with Crippen molar-refractivity contribution in [3.63, 3.8) is 0 Å². The molecule has 1 aliphatic heterocycles. The highest BCUT2D eigenvalue weighted by Crippen LogP contribution is 2.52. The van der Waals surface area contributed by atoms with Gasteiger partial charge in [0, 0.05) is 48.4 Å². The SMILES string of the molecule is CCCCCCCC(=O)OCC(=O)[C@@]1(O)Cc2c(O)c3c(c(O)c2[C@@H](O[C@@H]2C[C@H](N)[C@H](O)[C@H](C)O2)C1)C(=O)c1c(OC)cccc1C3=O. The maximum Gasteiger partial charge on any atom is 0.306 e. The van der Waals surface area contributed by atoms with E-state index in [-0.39, 0.29) is 40.8 Å². The normalized spacial score (nSPS) is 26.3. The minimum Gasteiger partial charge on any atom is -0.507 e. The van der Waals surface area contributed by atoms with Crippen LogP contribution in [-0.4, -0.2) is 87.6 Å². The van der Waals surface area contributed by atoms with Crippen molar-refractivity contribution in [2.24, 2.45) is 5.73 Å². The number of rotatable bonds is 12. The van der Waals surface area contributed by atoms with Crippen molar-refractivity contribution in [1.82, 2.24) is 0 Å². The summed E-state index contributed by atoms with van der Waals surface area (Å²) in [7, 11) is 1.33. The molecule has 0 saturated carbocycles. The Hall–Kier alpha value is -3.88. The number of carbonyl (C=O) groups is 4. The minimum atomic E-state index is -2.29. The van der Waals surface area contributed by atoms with Crippen LogP contribution in [0, 0.1) is 0 Å². The quantitative estimate of drug-likeness (QED) is 0.107. The van der Waals surface area contributed by atoms with E-state index in [9.17, 15) is 39.6 Å². The number of esters is 1. The molecular weight excluding hydrogens is 626 g/mol. The fourth-order valence-corrected chi connectivity index (χ4v) is 6.83. The number of aliphatic hydroxyl groups excluding tert-OH is 1. The van der Waals surface area contributed by atoms with Gasteiger partial charge in [0.1, 0.15) is 22.8 Å². The molecule has 3 aliphatic rings. The summed E-state index contributed by atoms with van der Waals surface area (Å²) in [6.45, 7) is 2.90. The number of phenols is 2. The van der Waals surface area contributed by atoms with Crippen LogP contribution in [-0.2, 0) is 30.2 Å². The van der Waals surface area contributed by atoms with Crippen LogP contribution in [0.25, 0.3) is 0 Å². The molecule has 0 bridgehead atoms. The Morgan fingerprint density at radius 1 is 1.04 bits per heavy atom. The Bertz CT molecular complexity index is 1590. The van der Waals surface area contributed by atoms with Crippen molar-refractivity contribution < 1.29 is 58.6 Å². The molecule has 1 fully saturated rings. The molecule has 6 atom stereocenters. The summed E-state index contributed by atoms with van der Waals surface area (Å²) >= 11 is 0. The topological polar surface area (TPSA) is 212 Å². The predicted octanol–water partition coefficient (Wildman–Crippen LogP) is 2.91. The molecule has 0 aromatic heterocycles. The first-order chi connectivity index (χ1) is 22.8. The number of ether oxygens (including phenoxy) is 4. The molecule has 0 radical (unpaired) electrons. The lowest BCUT2D eigenvalue weighted by molar-refractivity contribution is -0.247. The number of phenolic OH excluding ortho intramolecular Hbond substituents is 2. The zero-order valence-electron chi connectivity index (χ0n) is 27.3. The summed E-state index contributed by atoms with van der Waals surface area (Å²) in [5, 5.41) is 45.4. The van der Waals surface area contributed by atoms with Crippen molar-refractivity contribution in [2.75, 3.05) is 13.7 Å². The molecule has 13 nitrogen and oxygen atoms in total. The van der Waals surface area contributed by atoms with E-state index in [2.05, 4.69) is 6.92 Å². The van der Waals surface area contributed by atoms with Gasteiger partial charge in [-0.1, -0.05) is 44.7 Å².